The van der Waals surface area contributed by atoms with Crippen LogP contribution < -0.4 is 10.6 Å². The molecule has 0 aliphatic carbocycles. The predicted octanol–water partition coefficient (Wildman–Crippen LogP) is 1.14. The van der Waals surface area contributed by atoms with Gasteiger partial charge in [-0.3, -0.25) is 9.59 Å². The van der Waals surface area contributed by atoms with E-state index < -0.39 is 0 Å². The van der Waals surface area contributed by atoms with Crippen molar-refractivity contribution in [2.45, 2.75) is 46.6 Å². The predicted molar refractivity (Wildman–Crippen MR) is 86.9 cm³/mol. The minimum atomic E-state index is 0.00636. The molecular weight excluding hydrogens is 284 g/mol. The van der Waals surface area contributed by atoms with Crippen LogP contribution in [0.4, 0.5) is 0 Å². The number of hydrogen-bond acceptors (Lipinski definition) is 5. The fourth-order valence-corrected chi connectivity index (χ4v) is 1.55. The molecule has 0 bridgehead atoms. The molecule has 0 aromatic rings. The number of carbonyl (C=O) groups excluding carboxylic acids is 2. The first-order valence-corrected chi connectivity index (χ1v) is 8.11. The molecule has 22 heavy (non-hydrogen) atoms. The number of amides is 1. The summed E-state index contributed by atoms with van der Waals surface area (Å²) in [4.78, 5) is 22.8. The maximum Gasteiger partial charge on any atom is 0.220 e. The molecule has 6 heteroatoms. The van der Waals surface area contributed by atoms with Gasteiger partial charge < -0.3 is 20.1 Å². The molecule has 0 saturated carbocycles. The van der Waals surface area contributed by atoms with Crippen LogP contribution in [0.5, 0.6) is 0 Å². The Morgan fingerprint density at radius 2 is 1.64 bits per heavy atom. The number of ether oxygens (including phenoxy) is 2. The summed E-state index contributed by atoms with van der Waals surface area (Å²) in [5.41, 5.74) is 0. The SMILES string of the molecule is CC(C)NCCCC(=O)NCCOCCOCC(=O)C(C)C. The number of hydrogen-bond donors (Lipinski definition) is 2. The average molecular weight is 316 g/mol. The molecule has 0 saturated heterocycles. The first-order valence-electron chi connectivity index (χ1n) is 8.11. The van der Waals surface area contributed by atoms with Crippen LogP contribution >= 0.6 is 0 Å². The number of nitrogens with one attached hydrogen (secondary N) is 2. The van der Waals surface area contributed by atoms with Gasteiger partial charge in [-0.25, -0.2) is 0 Å². The van der Waals surface area contributed by atoms with Crippen molar-refractivity contribution in [1.82, 2.24) is 10.6 Å². The summed E-state index contributed by atoms with van der Waals surface area (Å²) in [5.74, 6) is 0.152. The topological polar surface area (TPSA) is 76.7 Å². The molecule has 1 amide bonds. The fourth-order valence-electron chi connectivity index (χ4n) is 1.55. The molecule has 0 atom stereocenters. The molecule has 0 rings (SSSR count). The van der Waals surface area contributed by atoms with Crippen molar-refractivity contribution in [3.63, 3.8) is 0 Å². The van der Waals surface area contributed by atoms with Crippen molar-refractivity contribution in [2.75, 3.05) is 39.5 Å². The summed E-state index contributed by atoms with van der Waals surface area (Å²) in [7, 11) is 0. The maximum atomic E-state index is 11.5. The van der Waals surface area contributed by atoms with Crippen molar-refractivity contribution in [3.8, 4) is 0 Å². The molecule has 0 aromatic carbocycles. The molecule has 0 unspecified atom stereocenters. The van der Waals surface area contributed by atoms with E-state index in [0.717, 1.165) is 13.0 Å². The largest absolute Gasteiger partial charge is 0.377 e. The molecular formula is C16H32N2O4. The van der Waals surface area contributed by atoms with Crippen LogP contribution in [0.1, 0.15) is 40.5 Å². The molecule has 0 spiro atoms. The lowest BCUT2D eigenvalue weighted by molar-refractivity contribution is -0.127. The van der Waals surface area contributed by atoms with Crippen LogP contribution in [0.2, 0.25) is 0 Å². The highest BCUT2D eigenvalue weighted by Crippen LogP contribution is 1.94. The Bertz CT molecular complexity index is 307. The van der Waals surface area contributed by atoms with Gasteiger partial charge in [0.15, 0.2) is 5.78 Å². The highest BCUT2D eigenvalue weighted by molar-refractivity contribution is 5.81. The van der Waals surface area contributed by atoms with Gasteiger partial charge in [0.1, 0.15) is 6.61 Å². The minimum Gasteiger partial charge on any atom is -0.377 e. The van der Waals surface area contributed by atoms with Gasteiger partial charge in [-0.05, 0) is 13.0 Å². The molecule has 0 aliphatic heterocycles. The second-order valence-corrected chi connectivity index (χ2v) is 5.85. The Morgan fingerprint density at radius 3 is 2.27 bits per heavy atom. The van der Waals surface area contributed by atoms with E-state index in [9.17, 15) is 9.59 Å². The van der Waals surface area contributed by atoms with Gasteiger partial charge in [-0.15, -0.1) is 0 Å². The quantitative estimate of drug-likeness (QED) is 0.470. The van der Waals surface area contributed by atoms with Crippen molar-refractivity contribution >= 4 is 11.7 Å². The third-order valence-electron chi connectivity index (χ3n) is 2.96. The highest BCUT2D eigenvalue weighted by Gasteiger charge is 2.06. The molecule has 0 heterocycles. The van der Waals surface area contributed by atoms with Crippen LogP contribution in [0.3, 0.4) is 0 Å². The van der Waals surface area contributed by atoms with E-state index >= 15 is 0 Å². The zero-order chi connectivity index (χ0) is 16.8. The van der Waals surface area contributed by atoms with Crippen molar-refractivity contribution < 1.29 is 19.1 Å². The lowest BCUT2D eigenvalue weighted by atomic mass is 10.1. The Kier molecular flexibility index (Phi) is 13.1. The molecule has 0 aliphatic rings. The van der Waals surface area contributed by atoms with E-state index in [0.29, 0.717) is 38.8 Å². The van der Waals surface area contributed by atoms with Gasteiger partial charge in [0.25, 0.3) is 0 Å². The monoisotopic (exact) mass is 316 g/mol. The summed E-state index contributed by atoms with van der Waals surface area (Å²) in [6.45, 7) is 10.6. The summed E-state index contributed by atoms with van der Waals surface area (Å²) < 4.78 is 10.5. The highest BCUT2D eigenvalue weighted by atomic mass is 16.5. The number of ketones is 1. The van der Waals surface area contributed by atoms with E-state index in [4.69, 9.17) is 9.47 Å². The zero-order valence-electron chi connectivity index (χ0n) is 14.4. The van der Waals surface area contributed by atoms with Gasteiger partial charge >= 0.3 is 0 Å². The zero-order valence-corrected chi connectivity index (χ0v) is 14.4. The fraction of sp³-hybridized carbons (Fsp3) is 0.875. The lowest BCUT2D eigenvalue weighted by Gasteiger charge is -2.09. The smallest absolute Gasteiger partial charge is 0.220 e. The second kappa shape index (κ2) is 13.7. The first kappa shape index (κ1) is 21.0. The van der Waals surface area contributed by atoms with Crippen molar-refractivity contribution in [2.24, 2.45) is 5.92 Å². The second-order valence-electron chi connectivity index (χ2n) is 5.85. The number of rotatable bonds is 14. The average Bonchev–Trinajstić information content (AvgIpc) is 2.45. The van der Waals surface area contributed by atoms with Gasteiger partial charge in [-0.2, -0.15) is 0 Å². The van der Waals surface area contributed by atoms with E-state index in [1.54, 1.807) is 0 Å². The Labute approximate surface area is 134 Å². The summed E-state index contributed by atoms with van der Waals surface area (Å²) >= 11 is 0. The normalized spacial score (nSPS) is 11.2. The third kappa shape index (κ3) is 14.0. The Balaban J connectivity index is 3.28. The van der Waals surface area contributed by atoms with Crippen molar-refractivity contribution in [1.29, 1.82) is 0 Å². The third-order valence-corrected chi connectivity index (χ3v) is 2.96. The van der Waals surface area contributed by atoms with Crippen LogP contribution in [0, 0.1) is 5.92 Å². The van der Waals surface area contributed by atoms with Gasteiger partial charge in [0.05, 0.1) is 19.8 Å². The molecule has 0 aromatic heterocycles. The molecule has 6 nitrogen and oxygen atoms in total. The van der Waals surface area contributed by atoms with E-state index in [1.165, 1.54) is 0 Å². The summed E-state index contributed by atoms with van der Waals surface area (Å²) in [6, 6.07) is 0.453. The van der Waals surface area contributed by atoms with E-state index in [1.807, 2.05) is 13.8 Å². The Hall–Kier alpha value is -0.980. The van der Waals surface area contributed by atoms with Crippen LogP contribution in [0.15, 0.2) is 0 Å². The summed E-state index contributed by atoms with van der Waals surface area (Å²) in [6.07, 6.45) is 1.36. The van der Waals surface area contributed by atoms with Crippen molar-refractivity contribution in [3.05, 3.63) is 0 Å². The van der Waals surface area contributed by atoms with Crippen LogP contribution in [-0.4, -0.2) is 57.2 Å². The van der Waals surface area contributed by atoms with Crippen LogP contribution in [-0.2, 0) is 19.1 Å². The lowest BCUT2D eigenvalue weighted by Crippen LogP contribution is -2.29. The van der Waals surface area contributed by atoms with Gasteiger partial charge in [0.2, 0.25) is 5.91 Å². The van der Waals surface area contributed by atoms with E-state index in [2.05, 4.69) is 24.5 Å². The van der Waals surface area contributed by atoms with Gasteiger partial charge in [-0.1, -0.05) is 27.7 Å². The maximum absolute atomic E-state index is 11.5. The molecule has 130 valence electrons. The standard InChI is InChI=1S/C16H32N2O4/c1-13(2)15(19)12-22-11-10-21-9-8-18-16(20)6-5-7-17-14(3)4/h13-14,17H,5-12H2,1-4H3,(H,18,20). The van der Waals surface area contributed by atoms with Crippen LogP contribution in [0.25, 0.3) is 0 Å². The number of Topliss-reactive ketones (excluding diaryl/α,β-unsaturated/α-hetero) is 1. The minimum absolute atomic E-state index is 0.00636. The first-order chi connectivity index (χ1) is 10.4. The van der Waals surface area contributed by atoms with Gasteiger partial charge in [0, 0.05) is 24.9 Å². The van der Waals surface area contributed by atoms with E-state index in [-0.39, 0.29) is 24.2 Å². The number of carbonyl (C=O) groups is 2. The molecule has 2 N–H and O–H groups in total. The Morgan fingerprint density at radius 1 is 0.955 bits per heavy atom. The molecule has 0 fully saturated rings. The summed E-state index contributed by atoms with van der Waals surface area (Å²) in [5, 5.41) is 6.08. The molecule has 0 radical (unpaired) electrons.